The molecule has 1 aliphatic rings. The molecule has 1 aliphatic carbocycles. The van der Waals surface area contributed by atoms with Crippen molar-refractivity contribution in [1.82, 2.24) is 0 Å². The summed E-state index contributed by atoms with van der Waals surface area (Å²) >= 11 is 0. The van der Waals surface area contributed by atoms with Crippen molar-refractivity contribution in [2.75, 3.05) is 13.2 Å². The lowest BCUT2D eigenvalue weighted by atomic mass is 9.87. The highest BCUT2D eigenvalue weighted by atomic mass is 16.5. The second-order valence-corrected chi connectivity index (χ2v) is 4.22. The topological polar surface area (TPSA) is 29.5 Å². The molecule has 0 radical (unpaired) electrons. The maximum absolute atomic E-state index is 8.96. The van der Waals surface area contributed by atoms with E-state index in [-0.39, 0.29) is 6.10 Å². The van der Waals surface area contributed by atoms with Gasteiger partial charge in [0.2, 0.25) is 0 Å². The molecule has 2 nitrogen and oxygen atoms in total. The summed E-state index contributed by atoms with van der Waals surface area (Å²) in [5, 5.41) is 8.96. The minimum absolute atomic E-state index is 0.314. The first-order valence-electron chi connectivity index (χ1n) is 5.55. The van der Waals surface area contributed by atoms with Crippen LogP contribution in [0.5, 0.6) is 0 Å². The van der Waals surface area contributed by atoms with Gasteiger partial charge in [-0.3, -0.25) is 0 Å². The highest BCUT2D eigenvalue weighted by Gasteiger charge is 2.12. The van der Waals surface area contributed by atoms with Gasteiger partial charge in [-0.25, -0.2) is 0 Å². The van der Waals surface area contributed by atoms with Crippen LogP contribution < -0.4 is 0 Å². The van der Waals surface area contributed by atoms with Gasteiger partial charge in [0, 0.05) is 6.61 Å². The fourth-order valence-electron chi connectivity index (χ4n) is 1.98. The average molecular weight is 186 g/mol. The zero-order valence-corrected chi connectivity index (χ0v) is 8.67. The molecule has 0 saturated heterocycles. The van der Waals surface area contributed by atoms with Crippen LogP contribution in [0, 0.1) is 5.92 Å². The molecule has 0 aromatic heterocycles. The molecular weight excluding hydrogens is 164 g/mol. The van der Waals surface area contributed by atoms with Gasteiger partial charge in [0.1, 0.15) is 0 Å². The number of hydrogen-bond acceptors (Lipinski definition) is 2. The Morgan fingerprint density at radius 3 is 2.62 bits per heavy atom. The Balaban J connectivity index is 1.92. The van der Waals surface area contributed by atoms with Crippen LogP contribution in [0.15, 0.2) is 0 Å². The zero-order valence-electron chi connectivity index (χ0n) is 8.67. The zero-order chi connectivity index (χ0) is 9.52. The van der Waals surface area contributed by atoms with E-state index in [9.17, 15) is 0 Å². The van der Waals surface area contributed by atoms with Crippen molar-refractivity contribution in [3.63, 3.8) is 0 Å². The minimum atomic E-state index is -0.314. The van der Waals surface area contributed by atoms with Gasteiger partial charge in [0.05, 0.1) is 12.7 Å². The molecule has 1 fully saturated rings. The van der Waals surface area contributed by atoms with Gasteiger partial charge < -0.3 is 9.84 Å². The first kappa shape index (κ1) is 11.0. The van der Waals surface area contributed by atoms with Crippen LogP contribution in [0.3, 0.4) is 0 Å². The lowest BCUT2D eigenvalue weighted by Gasteiger charge is -2.21. The fraction of sp³-hybridized carbons (Fsp3) is 1.00. The first-order chi connectivity index (χ1) is 6.29. The molecule has 0 aliphatic heterocycles. The molecule has 1 N–H and O–H groups in total. The van der Waals surface area contributed by atoms with Crippen LogP contribution in [0.25, 0.3) is 0 Å². The molecule has 13 heavy (non-hydrogen) atoms. The number of rotatable bonds is 5. The summed E-state index contributed by atoms with van der Waals surface area (Å²) in [7, 11) is 0. The predicted molar refractivity (Wildman–Crippen MR) is 53.7 cm³/mol. The fourth-order valence-corrected chi connectivity index (χ4v) is 1.98. The first-order valence-corrected chi connectivity index (χ1v) is 5.55. The van der Waals surface area contributed by atoms with Crippen LogP contribution in [0.2, 0.25) is 0 Å². The van der Waals surface area contributed by atoms with Crippen LogP contribution in [-0.4, -0.2) is 24.4 Å². The summed E-state index contributed by atoms with van der Waals surface area (Å²) < 4.78 is 5.35. The molecule has 78 valence electrons. The van der Waals surface area contributed by atoms with E-state index in [1.165, 1.54) is 38.5 Å². The summed E-state index contributed by atoms with van der Waals surface area (Å²) in [4.78, 5) is 0. The normalized spacial score (nSPS) is 21.7. The Kier molecular flexibility index (Phi) is 5.40. The Hall–Kier alpha value is -0.0800. The Bertz CT molecular complexity index is 117. The van der Waals surface area contributed by atoms with Gasteiger partial charge in [-0.1, -0.05) is 32.1 Å². The number of aliphatic hydroxyl groups is 1. The van der Waals surface area contributed by atoms with E-state index >= 15 is 0 Å². The molecule has 0 bridgehead atoms. The van der Waals surface area contributed by atoms with Gasteiger partial charge in [-0.2, -0.15) is 0 Å². The summed E-state index contributed by atoms with van der Waals surface area (Å²) in [6.45, 7) is 3.09. The number of hydrogen-bond donors (Lipinski definition) is 1. The smallest absolute Gasteiger partial charge is 0.0745 e. The Morgan fingerprint density at radius 1 is 1.31 bits per heavy atom. The van der Waals surface area contributed by atoms with E-state index in [1.807, 2.05) is 0 Å². The molecular formula is C11H22O2. The summed E-state index contributed by atoms with van der Waals surface area (Å²) in [5.41, 5.74) is 0. The van der Waals surface area contributed by atoms with E-state index < -0.39 is 0 Å². The van der Waals surface area contributed by atoms with Crippen molar-refractivity contribution in [1.29, 1.82) is 0 Å². The highest BCUT2D eigenvalue weighted by molar-refractivity contribution is 4.65. The Labute approximate surface area is 81.3 Å². The Morgan fingerprint density at radius 2 is 2.00 bits per heavy atom. The van der Waals surface area contributed by atoms with Crippen molar-refractivity contribution in [3.8, 4) is 0 Å². The summed E-state index contributed by atoms with van der Waals surface area (Å²) in [5.74, 6) is 0.891. The molecule has 0 heterocycles. The van der Waals surface area contributed by atoms with E-state index in [2.05, 4.69) is 0 Å². The third-order valence-electron chi connectivity index (χ3n) is 2.75. The molecule has 1 saturated carbocycles. The van der Waals surface area contributed by atoms with Gasteiger partial charge in [-0.05, 0) is 19.3 Å². The standard InChI is InChI=1S/C11H22O2/c1-10(12)9-13-8-7-11-5-3-2-4-6-11/h10-12H,2-9H2,1H3. The van der Waals surface area contributed by atoms with E-state index in [0.29, 0.717) is 6.61 Å². The summed E-state index contributed by atoms with van der Waals surface area (Å²) in [6.07, 6.45) is 7.88. The maximum atomic E-state index is 8.96. The van der Waals surface area contributed by atoms with Gasteiger partial charge in [-0.15, -0.1) is 0 Å². The van der Waals surface area contributed by atoms with E-state index in [0.717, 1.165) is 12.5 Å². The second-order valence-electron chi connectivity index (χ2n) is 4.22. The predicted octanol–water partition coefficient (Wildman–Crippen LogP) is 2.35. The van der Waals surface area contributed by atoms with Crippen LogP contribution in [0.4, 0.5) is 0 Å². The molecule has 0 aromatic carbocycles. The third kappa shape index (κ3) is 5.27. The third-order valence-corrected chi connectivity index (χ3v) is 2.75. The SMILES string of the molecule is CC(O)COCCC1CCCCC1. The molecule has 1 unspecified atom stereocenters. The van der Waals surface area contributed by atoms with Gasteiger partial charge in [0.15, 0.2) is 0 Å². The second kappa shape index (κ2) is 6.39. The van der Waals surface area contributed by atoms with Crippen molar-refractivity contribution in [2.45, 2.75) is 51.6 Å². The molecule has 0 amide bonds. The van der Waals surface area contributed by atoms with Gasteiger partial charge in [0.25, 0.3) is 0 Å². The van der Waals surface area contributed by atoms with Crippen LogP contribution in [-0.2, 0) is 4.74 Å². The van der Waals surface area contributed by atoms with Crippen molar-refractivity contribution in [3.05, 3.63) is 0 Å². The average Bonchev–Trinajstić information content (AvgIpc) is 2.14. The lowest BCUT2D eigenvalue weighted by molar-refractivity contribution is 0.0384. The van der Waals surface area contributed by atoms with Crippen molar-refractivity contribution in [2.24, 2.45) is 5.92 Å². The van der Waals surface area contributed by atoms with Crippen molar-refractivity contribution >= 4 is 0 Å². The maximum Gasteiger partial charge on any atom is 0.0745 e. The van der Waals surface area contributed by atoms with Gasteiger partial charge >= 0.3 is 0 Å². The molecule has 0 spiro atoms. The quantitative estimate of drug-likeness (QED) is 0.668. The monoisotopic (exact) mass is 186 g/mol. The molecule has 1 rings (SSSR count). The summed E-state index contributed by atoms with van der Waals surface area (Å²) in [6, 6.07) is 0. The van der Waals surface area contributed by atoms with E-state index in [1.54, 1.807) is 6.92 Å². The number of aliphatic hydroxyl groups excluding tert-OH is 1. The van der Waals surface area contributed by atoms with Crippen LogP contribution in [0.1, 0.15) is 45.4 Å². The van der Waals surface area contributed by atoms with Crippen LogP contribution >= 0.6 is 0 Å². The largest absolute Gasteiger partial charge is 0.391 e. The van der Waals surface area contributed by atoms with E-state index in [4.69, 9.17) is 9.84 Å². The number of ether oxygens (including phenoxy) is 1. The molecule has 1 atom stereocenters. The van der Waals surface area contributed by atoms with Crippen molar-refractivity contribution < 1.29 is 9.84 Å². The lowest BCUT2D eigenvalue weighted by Crippen LogP contribution is -2.14. The molecule has 0 aromatic rings. The molecule has 2 heteroatoms. The highest BCUT2D eigenvalue weighted by Crippen LogP contribution is 2.25. The minimum Gasteiger partial charge on any atom is -0.391 e.